The minimum absolute atomic E-state index is 0.0213. The summed E-state index contributed by atoms with van der Waals surface area (Å²) in [5.41, 5.74) is 0.687. The van der Waals surface area contributed by atoms with Crippen LogP contribution in [0.3, 0.4) is 0 Å². The van der Waals surface area contributed by atoms with Crippen LogP contribution in [0.2, 0.25) is 0 Å². The van der Waals surface area contributed by atoms with Gasteiger partial charge in [0.2, 0.25) is 0 Å². The molecule has 2 N–H and O–H groups in total. The number of aromatic nitrogens is 6. The summed E-state index contributed by atoms with van der Waals surface area (Å²) < 4.78 is 49.1. The van der Waals surface area contributed by atoms with E-state index in [-0.39, 0.29) is 45.7 Å². The van der Waals surface area contributed by atoms with E-state index in [0.29, 0.717) is 51.1 Å². The molecule has 1 aromatic carbocycles. The van der Waals surface area contributed by atoms with E-state index in [2.05, 4.69) is 36.0 Å². The van der Waals surface area contributed by atoms with E-state index in [9.17, 15) is 27.6 Å². The van der Waals surface area contributed by atoms with Crippen molar-refractivity contribution >= 4 is 40.5 Å². The summed E-state index contributed by atoms with van der Waals surface area (Å²) >= 11 is 2.01. The lowest BCUT2D eigenvalue weighted by Gasteiger charge is -2.38. The van der Waals surface area contributed by atoms with Crippen LogP contribution in [-0.4, -0.2) is 82.9 Å². The van der Waals surface area contributed by atoms with Crippen LogP contribution >= 0.6 is 22.6 Å². The van der Waals surface area contributed by atoms with Crippen molar-refractivity contribution in [3.63, 3.8) is 0 Å². The van der Waals surface area contributed by atoms with Crippen LogP contribution in [0.1, 0.15) is 46.3 Å². The van der Waals surface area contributed by atoms with Gasteiger partial charge in [0.15, 0.2) is 15.5 Å². The molecule has 0 spiro atoms. The molecule has 1 saturated heterocycles. The third kappa shape index (κ3) is 10.1. The summed E-state index contributed by atoms with van der Waals surface area (Å²) in [4.78, 5) is 38.2. The van der Waals surface area contributed by atoms with Crippen LogP contribution in [0.25, 0.3) is 0 Å². The molecule has 18 heteroatoms. The molecule has 4 rings (SSSR count). The maximum Gasteiger partial charge on any atom is 0.573 e. The molecule has 3 aromatic rings. The van der Waals surface area contributed by atoms with Crippen molar-refractivity contribution in [2.45, 2.75) is 49.9 Å². The molecule has 2 aromatic heterocycles. The number of rotatable bonds is 13. The number of carbonyl (C=O) groups is 3. The Morgan fingerprint density at radius 2 is 1.63 bits per heavy atom. The standard InChI is InChI=1S/C25H29F3IN9O5/c1-16(29)42-24(41)36-12-18(13-36)11-31-23(40)21-15-38(35-33-21)8-3-2-7-37-14-20(32-34-37)22(39)30-10-17-5-4-6-19(9-17)43-25(26,27)28/h4-6,9,14-16,18H,2-3,7-8,10-13H2,1H3,(H,30,39)(H,31,40)/t16-/m1/s1. The second-order valence-electron chi connectivity index (χ2n) is 9.73. The van der Waals surface area contributed by atoms with Gasteiger partial charge in [0, 0.05) is 45.2 Å². The number of amides is 3. The number of alkyl halides is 4. The van der Waals surface area contributed by atoms with Gasteiger partial charge in [-0.3, -0.25) is 19.0 Å². The molecule has 232 valence electrons. The molecule has 3 heterocycles. The van der Waals surface area contributed by atoms with Gasteiger partial charge in [-0.2, -0.15) is 0 Å². The zero-order valence-corrected chi connectivity index (χ0v) is 25.1. The Morgan fingerprint density at radius 1 is 1.02 bits per heavy atom. The maximum absolute atomic E-state index is 12.4. The number of hydrogen-bond acceptors (Lipinski definition) is 9. The van der Waals surface area contributed by atoms with Crippen LogP contribution in [0.5, 0.6) is 5.75 Å². The van der Waals surface area contributed by atoms with Gasteiger partial charge in [-0.25, -0.2) is 4.79 Å². The predicted molar refractivity (Wildman–Crippen MR) is 151 cm³/mol. The topological polar surface area (TPSA) is 158 Å². The summed E-state index contributed by atoms with van der Waals surface area (Å²) in [6.07, 6.45) is -0.763. The number of aryl methyl sites for hydroxylation is 2. The molecule has 14 nitrogen and oxygen atoms in total. The summed E-state index contributed by atoms with van der Waals surface area (Å²) in [6.45, 7) is 4.19. The molecule has 0 aliphatic carbocycles. The van der Waals surface area contributed by atoms with Crippen LogP contribution in [-0.2, 0) is 24.4 Å². The first kappa shape index (κ1) is 32.0. The number of likely N-dealkylation sites (tertiary alicyclic amines) is 1. The zero-order chi connectivity index (χ0) is 31.0. The van der Waals surface area contributed by atoms with E-state index < -0.39 is 12.3 Å². The first-order valence-electron chi connectivity index (χ1n) is 13.3. The number of hydrogen-bond donors (Lipinski definition) is 2. The molecule has 0 saturated carbocycles. The first-order chi connectivity index (χ1) is 20.4. The minimum atomic E-state index is -4.80. The Morgan fingerprint density at radius 3 is 2.21 bits per heavy atom. The molecule has 0 unspecified atom stereocenters. The quantitative estimate of drug-likeness (QED) is 0.154. The molecular formula is C25H29F3IN9O5. The van der Waals surface area contributed by atoms with Crippen LogP contribution < -0.4 is 15.4 Å². The molecule has 1 fully saturated rings. The van der Waals surface area contributed by atoms with Crippen molar-refractivity contribution in [2.24, 2.45) is 5.92 Å². The van der Waals surface area contributed by atoms with Crippen LogP contribution in [0.4, 0.5) is 18.0 Å². The van der Waals surface area contributed by atoms with Crippen molar-refractivity contribution in [1.82, 2.24) is 45.5 Å². The van der Waals surface area contributed by atoms with E-state index in [1.807, 2.05) is 22.6 Å². The van der Waals surface area contributed by atoms with E-state index in [1.165, 1.54) is 29.1 Å². The number of ether oxygens (including phenoxy) is 2. The number of nitrogens with zero attached hydrogens (tertiary/aromatic N) is 7. The molecule has 3 amide bonds. The van der Waals surface area contributed by atoms with E-state index in [4.69, 9.17) is 4.74 Å². The van der Waals surface area contributed by atoms with Crippen molar-refractivity contribution in [2.75, 3.05) is 19.6 Å². The van der Waals surface area contributed by atoms with Gasteiger partial charge in [0.1, 0.15) is 5.75 Å². The van der Waals surface area contributed by atoms with Crippen molar-refractivity contribution in [3.8, 4) is 5.75 Å². The zero-order valence-electron chi connectivity index (χ0n) is 23.0. The normalized spacial score (nSPS) is 14.1. The van der Waals surface area contributed by atoms with Gasteiger partial charge >= 0.3 is 12.5 Å². The number of unbranched alkanes of at least 4 members (excludes halogenated alkanes) is 1. The van der Waals surface area contributed by atoms with Crippen molar-refractivity contribution < 1.29 is 37.0 Å². The molecule has 1 aliphatic rings. The highest BCUT2D eigenvalue weighted by molar-refractivity contribution is 14.1. The molecule has 0 bridgehead atoms. The number of nitrogens with one attached hydrogen (secondary N) is 2. The van der Waals surface area contributed by atoms with Gasteiger partial charge < -0.3 is 25.0 Å². The van der Waals surface area contributed by atoms with Crippen LogP contribution in [0.15, 0.2) is 36.7 Å². The molecule has 1 atom stereocenters. The second-order valence-corrected chi connectivity index (χ2v) is 11.5. The molecule has 1 aliphatic heterocycles. The highest BCUT2D eigenvalue weighted by Crippen LogP contribution is 2.23. The van der Waals surface area contributed by atoms with Gasteiger partial charge in [-0.05, 0) is 60.1 Å². The molecule has 43 heavy (non-hydrogen) atoms. The fourth-order valence-corrected chi connectivity index (χ4v) is 4.30. The second kappa shape index (κ2) is 14.5. The number of halogens is 4. The Labute approximate surface area is 257 Å². The Bertz CT molecular complexity index is 1410. The SMILES string of the molecule is C[C@H](I)OC(=O)N1CC(CNC(=O)c2cn(CCCCn3cc(C(=O)NCc4cccc(OC(F)(F)F)c4)nn3)nn2)C1. The fraction of sp³-hybridized carbons (Fsp3) is 0.480. The Balaban J connectivity index is 1.12. The van der Waals surface area contributed by atoms with Crippen molar-refractivity contribution in [3.05, 3.63) is 53.6 Å². The Kier molecular flexibility index (Phi) is 10.8. The largest absolute Gasteiger partial charge is 0.573 e. The van der Waals surface area contributed by atoms with Gasteiger partial charge in [0.05, 0.1) is 12.4 Å². The lowest BCUT2D eigenvalue weighted by molar-refractivity contribution is -0.274. The number of carbonyl (C=O) groups excluding carboxylic acids is 3. The maximum atomic E-state index is 12.4. The first-order valence-corrected chi connectivity index (χ1v) is 14.5. The van der Waals surface area contributed by atoms with E-state index in [1.54, 1.807) is 28.8 Å². The minimum Gasteiger partial charge on any atom is -0.436 e. The summed E-state index contributed by atoms with van der Waals surface area (Å²) in [5.74, 6) is -1.09. The fourth-order valence-electron chi connectivity index (χ4n) is 4.09. The lowest BCUT2D eigenvalue weighted by atomic mass is 10.0. The summed E-state index contributed by atoms with van der Waals surface area (Å²) in [5, 5.41) is 21.1. The average Bonchev–Trinajstić information content (AvgIpc) is 3.58. The Hall–Kier alpha value is -3.97. The van der Waals surface area contributed by atoms with Gasteiger partial charge in [-0.1, -0.05) is 22.6 Å². The van der Waals surface area contributed by atoms with Crippen molar-refractivity contribution in [1.29, 1.82) is 0 Å². The summed E-state index contributed by atoms with van der Waals surface area (Å²) in [7, 11) is 0. The van der Waals surface area contributed by atoms with E-state index in [0.717, 1.165) is 0 Å². The predicted octanol–water partition coefficient (Wildman–Crippen LogP) is 2.76. The van der Waals surface area contributed by atoms with Gasteiger partial charge in [-0.15, -0.1) is 23.4 Å². The number of benzene rings is 1. The molecular weight excluding hydrogens is 690 g/mol. The average molecular weight is 719 g/mol. The van der Waals surface area contributed by atoms with Crippen LogP contribution in [0, 0.1) is 5.92 Å². The van der Waals surface area contributed by atoms with Gasteiger partial charge in [0.25, 0.3) is 11.8 Å². The highest BCUT2D eigenvalue weighted by Gasteiger charge is 2.33. The monoisotopic (exact) mass is 719 g/mol. The highest BCUT2D eigenvalue weighted by atomic mass is 127. The third-order valence-corrected chi connectivity index (χ3v) is 6.44. The summed E-state index contributed by atoms with van der Waals surface area (Å²) in [6, 6.07) is 5.31. The van der Waals surface area contributed by atoms with E-state index >= 15 is 0 Å². The third-order valence-electron chi connectivity index (χ3n) is 6.18. The molecule has 0 radical (unpaired) electrons. The smallest absolute Gasteiger partial charge is 0.436 e. The lowest BCUT2D eigenvalue weighted by Crippen LogP contribution is -2.54.